The third-order valence-corrected chi connectivity index (χ3v) is 7.05. The van der Waals surface area contributed by atoms with Gasteiger partial charge in [0.15, 0.2) is 0 Å². The number of aromatic amines is 1. The van der Waals surface area contributed by atoms with Crippen LogP contribution in [0.2, 0.25) is 0 Å². The van der Waals surface area contributed by atoms with E-state index < -0.39 is 0 Å². The molecule has 0 spiro atoms. The fraction of sp³-hybridized carbons (Fsp3) is 0.478. The quantitative estimate of drug-likeness (QED) is 0.535. The molecular weight excluding hydrogens is 396 g/mol. The molecule has 160 valence electrons. The number of methoxy groups -OCH3 is 1. The molecule has 7 heteroatoms. The Labute approximate surface area is 181 Å². The number of aromatic nitrogens is 2. The van der Waals surface area contributed by atoms with Gasteiger partial charge in [-0.1, -0.05) is 31.0 Å². The highest BCUT2D eigenvalue weighted by Gasteiger charge is 2.26. The van der Waals surface area contributed by atoms with Crippen LogP contribution in [0.25, 0.3) is 10.1 Å². The van der Waals surface area contributed by atoms with E-state index >= 15 is 0 Å². The molecule has 1 aliphatic heterocycles. The summed E-state index contributed by atoms with van der Waals surface area (Å²) < 4.78 is 6.27. The van der Waals surface area contributed by atoms with Gasteiger partial charge in [-0.05, 0) is 42.8 Å². The van der Waals surface area contributed by atoms with Gasteiger partial charge in [0.25, 0.3) is 5.91 Å². The van der Waals surface area contributed by atoms with Crippen molar-refractivity contribution in [3.05, 3.63) is 52.9 Å². The van der Waals surface area contributed by atoms with E-state index in [9.17, 15) is 4.79 Å². The summed E-state index contributed by atoms with van der Waals surface area (Å²) in [6.45, 7) is 2.94. The van der Waals surface area contributed by atoms with Gasteiger partial charge in [-0.15, -0.1) is 11.3 Å². The topological polar surface area (TPSA) is 70.2 Å². The predicted molar refractivity (Wildman–Crippen MR) is 121 cm³/mol. The van der Waals surface area contributed by atoms with Crippen molar-refractivity contribution in [2.75, 3.05) is 26.8 Å². The van der Waals surface area contributed by atoms with Gasteiger partial charge in [0.1, 0.15) is 5.82 Å². The van der Waals surface area contributed by atoms with Crippen LogP contribution >= 0.6 is 11.3 Å². The van der Waals surface area contributed by atoms with Crippen molar-refractivity contribution in [2.45, 2.75) is 44.7 Å². The Kier molecular flexibility index (Phi) is 7.15. The van der Waals surface area contributed by atoms with Crippen LogP contribution in [0.15, 0.2) is 36.7 Å². The number of hydrogen-bond donors (Lipinski definition) is 2. The summed E-state index contributed by atoms with van der Waals surface area (Å²) in [4.78, 5) is 24.0. The van der Waals surface area contributed by atoms with Crippen molar-refractivity contribution in [1.29, 1.82) is 0 Å². The number of likely N-dealkylation sites (tertiary alicyclic amines) is 1. The number of thiophene rings is 1. The molecule has 4 rings (SSSR count). The van der Waals surface area contributed by atoms with E-state index in [-0.39, 0.29) is 5.91 Å². The summed E-state index contributed by atoms with van der Waals surface area (Å²) in [6.07, 6.45) is 9.45. The largest absolute Gasteiger partial charge is 0.383 e. The van der Waals surface area contributed by atoms with Gasteiger partial charge in [0.2, 0.25) is 0 Å². The monoisotopic (exact) mass is 426 g/mol. The first kappa shape index (κ1) is 21.0. The van der Waals surface area contributed by atoms with E-state index in [0.717, 1.165) is 36.6 Å². The number of H-pyrrole nitrogens is 1. The number of nitrogens with one attached hydrogen (secondary N) is 2. The Bertz CT molecular complexity index is 953. The van der Waals surface area contributed by atoms with E-state index in [1.165, 1.54) is 34.9 Å². The van der Waals surface area contributed by atoms with Crippen LogP contribution < -0.4 is 5.32 Å². The number of hydrogen-bond acceptors (Lipinski definition) is 5. The van der Waals surface area contributed by atoms with Gasteiger partial charge < -0.3 is 15.0 Å². The highest BCUT2D eigenvalue weighted by Crippen LogP contribution is 2.34. The maximum Gasteiger partial charge on any atom is 0.261 e. The summed E-state index contributed by atoms with van der Waals surface area (Å²) in [7, 11) is 1.65. The van der Waals surface area contributed by atoms with Crippen LogP contribution in [0.1, 0.15) is 46.7 Å². The molecule has 1 amide bonds. The van der Waals surface area contributed by atoms with Gasteiger partial charge in [0, 0.05) is 36.8 Å². The highest BCUT2D eigenvalue weighted by molar-refractivity contribution is 7.21. The molecule has 1 saturated heterocycles. The zero-order chi connectivity index (χ0) is 20.8. The van der Waals surface area contributed by atoms with E-state index in [1.807, 2.05) is 18.5 Å². The van der Waals surface area contributed by atoms with Gasteiger partial charge in [0.05, 0.1) is 18.0 Å². The minimum absolute atomic E-state index is 0.00876. The van der Waals surface area contributed by atoms with Crippen LogP contribution in [0.3, 0.4) is 0 Å². The molecule has 2 N–H and O–H groups in total. The first-order valence-corrected chi connectivity index (χ1v) is 11.6. The minimum atomic E-state index is 0.00876. The van der Waals surface area contributed by atoms with Gasteiger partial charge >= 0.3 is 0 Å². The predicted octanol–water partition coefficient (Wildman–Crippen LogP) is 3.99. The fourth-order valence-corrected chi connectivity index (χ4v) is 5.47. The maximum atomic E-state index is 13.0. The number of ether oxygens (including phenoxy) is 1. The summed E-state index contributed by atoms with van der Waals surface area (Å²) in [6, 6.07) is 8.79. The lowest BCUT2D eigenvalue weighted by Crippen LogP contribution is -2.37. The summed E-state index contributed by atoms with van der Waals surface area (Å²) >= 11 is 1.60. The first-order valence-electron chi connectivity index (χ1n) is 10.8. The van der Waals surface area contributed by atoms with E-state index in [0.29, 0.717) is 19.2 Å². The Balaban J connectivity index is 1.61. The van der Waals surface area contributed by atoms with Crippen molar-refractivity contribution in [3.8, 4) is 0 Å². The second kappa shape index (κ2) is 10.2. The molecule has 1 fully saturated rings. The SMILES string of the molecule is COCCNC(=O)c1sc2ccccc2c1C[C@H]1CCCCCN1Cc1ncc[nH]1. The second-order valence-corrected chi connectivity index (χ2v) is 8.92. The van der Waals surface area contributed by atoms with Crippen LogP contribution in [0.5, 0.6) is 0 Å². The van der Waals surface area contributed by atoms with Crippen LogP contribution in [-0.4, -0.2) is 53.6 Å². The molecule has 1 aromatic carbocycles. The Morgan fingerprint density at radius 1 is 1.33 bits per heavy atom. The number of fused-ring (bicyclic) bond motifs is 1. The van der Waals surface area contributed by atoms with Crippen molar-refractivity contribution >= 4 is 27.3 Å². The van der Waals surface area contributed by atoms with Crippen molar-refractivity contribution in [3.63, 3.8) is 0 Å². The van der Waals surface area contributed by atoms with Crippen LogP contribution in [0.4, 0.5) is 0 Å². The lowest BCUT2D eigenvalue weighted by molar-refractivity contribution is 0.0939. The van der Waals surface area contributed by atoms with E-state index in [1.54, 1.807) is 18.4 Å². The molecule has 3 aromatic rings. The first-order chi connectivity index (χ1) is 14.8. The average molecular weight is 427 g/mol. The number of amides is 1. The third kappa shape index (κ3) is 4.91. The zero-order valence-electron chi connectivity index (χ0n) is 17.5. The number of nitrogens with zero attached hydrogens (tertiary/aromatic N) is 2. The minimum Gasteiger partial charge on any atom is -0.383 e. The zero-order valence-corrected chi connectivity index (χ0v) is 18.3. The molecule has 1 atom stereocenters. The highest BCUT2D eigenvalue weighted by atomic mass is 32.1. The maximum absolute atomic E-state index is 13.0. The molecular formula is C23H30N4O2S. The summed E-state index contributed by atoms with van der Waals surface area (Å²) in [5.41, 5.74) is 1.18. The van der Waals surface area contributed by atoms with E-state index in [2.05, 4.69) is 38.4 Å². The van der Waals surface area contributed by atoms with Gasteiger partial charge in [-0.2, -0.15) is 0 Å². The Hall–Kier alpha value is -2.22. The molecule has 0 saturated carbocycles. The molecule has 3 heterocycles. The summed E-state index contributed by atoms with van der Waals surface area (Å²) in [5.74, 6) is 1.02. The lowest BCUT2D eigenvalue weighted by Gasteiger charge is -2.29. The molecule has 30 heavy (non-hydrogen) atoms. The summed E-state index contributed by atoms with van der Waals surface area (Å²) in [5, 5.41) is 4.23. The molecule has 6 nitrogen and oxygen atoms in total. The molecule has 0 aliphatic carbocycles. The van der Waals surface area contributed by atoms with Crippen molar-refractivity contribution < 1.29 is 9.53 Å². The molecule has 0 unspecified atom stereocenters. The molecule has 1 aliphatic rings. The molecule has 2 aromatic heterocycles. The average Bonchev–Trinajstić information content (AvgIpc) is 3.34. The van der Waals surface area contributed by atoms with Crippen LogP contribution in [0, 0.1) is 0 Å². The third-order valence-electron chi connectivity index (χ3n) is 5.84. The molecule has 0 radical (unpaired) electrons. The van der Waals surface area contributed by atoms with Crippen molar-refractivity contribution in [1.82, 2.24) is 20.2 Å². The second-order valence-electron chi connectivity index (χ2n) is 7.87. The van der Waals surface area contributed by atoms with E-state index in [4.69, 9.17) is 4.74 Å². The Morgan fingerprint density at radius 2 is 2.23 bits per heavy atom. The number of benzene rings is 1. The van der Waals surface area contributed by atoms with Gasteiger partial charge in [-0.25, -0.2) is 4.98 Å². The number of rotatable bonds is 8. The van der Waals surface area contributed by atoms with Gasteiger partial charge in [-0.3, -0.25) is 9.69 Å². The van der Waals surface area contributed by atoms with Crippen LogP contribution in [-0.2, 0) is 17.7 Å². The normalized spacial score (nSPS) is 17.8. The fourth-order valence-electron chi connectivity index (χ4n) is 4.32. The number of carbonyl (C=O) groups excluding carboxylic acids is 1. The molecule has 0 bridgehead atoms. The number of imidazole rings is 1. The number of carbonyl (C=O) groups is 1. The Morgan fingerprint density at radius 3 is 3.07 bits per heavy atom. The smallest absolute Gasteiger partial charge is 0.261 e. The van der Waals surface area contributed by atoms with Crippen molar-refractivity contribution in [2.24, 2.45) is 0 Å². The lowest BCUT2D eigenvalue weighted by atomic mass is 9.98. The standard InChI is InChI=1S/C23H30N4O2S/c1-29-14-12-26-23(28)22-19(18-8-4-5-9-20(18)30-22)15-17-7-3-2-6-13-27(17)16-21-24-10-11-25-21/h4-5,8-11,17H,2-3,6-7,12-16H2,1H3,(H,24,25)(H,26,28)/t17-/m1/s1.